The lowest BCUT2D eigenvalue weighted by Gasteiger charge is -2.15. The van der Waals surface area contributed by atoms with Crippen LogP contribution in [-0.2, 0) is 7.05 Å². The zero-order valence-corrected chi connectivity index (χ0v) is 18.6. The van der Waals surface area contributed by atoms with E-state index in [0.717, 1.165) is 0 Å². The van der Waals surface area contributed by atoms with Gasteiger partial charge in [0.2, 0.25) is 5.88 Å². The molecule has 2 aromatic carbocycles. The van der Waals surface area contributed by atoms with E-state index in [-0.39, 0.29) is 11.8 Å². The fourth-order valence-electron chi connectivity index (χ4n) is 3.24. The van der Waals surface area contributed by atoms with Gasteiger partial charge >= 0.3 is 0 Å². The number of hydrogen-bond acceptors (Lipinski definition) is 6. The number of pyridine rings is 1. The number of aromatic nitrogens is 3. The van der Waals surface area contributed by atoms with Crippen LogP contribution in [0.25, 0.3) is 11.3 Å². The fourth-order valence-corrected chi connectivity index (χ4v) is 3.51. The summed E-state index contributed by atoms with van der Waals surface area (Å²) in [6, 6.07) is 17.8. The summed E-state index contributed by atoms with van der Waals surface area (Å²) in [4.78, 5) is 17.3. The quantitative estimate of drug-likeness (QED) is 0.398. The van der Waals surface area contributed by atoms with Crippen LogP contribution < -0.4 is 20.5 Å². The molecule has 1 amide bonds. The SMILES string of the molecule is Cn1ncc(Cl)c1-c1cc(NC(=O)c2cccnc2Oc2ccccc2)ccc1OCCN. The number of halogens is 1. The van der Waals surface area contributed by atoms with E-state index in [9.17, 15) is 4.79 Å². The first-order valence-electron chi connectivity index (χ1n) is 10.2. The lowest BCUT2D eigenvalue weighted by Crippen LogP contribution is -2.14. The summed E-state index contributed by atoms with van der Waals surface area (Å²) in [5.74, 6) is 1.00. The average Bonchev–Trinajstić information content (AvgIpc) is 3.16. The lowest BCUT2D eigenvalue weighted by atomic mass is 10.1. The minimum atomic E-state index is -0.369. The summed E-state index contributed by atoms with van der Waals surface area (Å²) < 4.78 is 13.2. The second-order valence-electron chi connectivity index (χ2n) is 7.04. The molecule has 2 aromatic heterocycles. The molecule has 2 heterocycles. The highest BCUT2D eigenvalue weighted by Crippen LogP contribution is 2.36. The number of para-hydroxylation sites is 1. The van der Waals surface area contributed by atoms with Gasteiger partial charge in [-0.15, -0.1) is 0 Å². The van der Waals surface area contributed by atoms with Gasteiger partial charge in [0, 0.05) is 31.0 Å². The van der Waals surface area contributed by atoms with Crippen molar-refractivity contribution >= 4 is 23.2 Å². The van der Waals surface area contributed by atoms with Crippen molar-refractivity contribution in [2.45, 2.75) is 0 Å². The number of benzene rings is 2. The molecule has 8 nitrogen and oxygen atoms in total. The Hall–Kier alpha value is -3.88. The Labute approximate surface area is 195 Å². The molecule has 0 bridgehead atoms. The van der Waals surface area contributed by atoms with Crippen LogP contribution >= 0.6 is 11.6 Å². The molecule has 0 atom stereocenters. The number of amides is 1. The second kappa shape index (κ2) is 10.2. The first kappa shape index (κ1) is 22.3. The van der Waals surface area contributed by atoms with Gasteiger partial charge < -0.3 is 20.5 Å². The number of nitrogens with zero attached hydrogens (tertiary/aromatic N) is 3. The molecule has 0 aliphatic rings. The molecule has 0 saturated heterocycles. The summed E-state index contributed by atoms with van der Waals surface area (Å²) in [5, 5.41) is 7.56. The first-order valence-corrected chi connectivity index (χ1v) is 10.6. The van der Waals surface area contributed by atoms with Crippen molar-refractivity contribution < 1.29 is 14.3 Å². The van der Waals surface area contributed by atoms with Crippen molar-refractivity contribution in [3.05, 3.63) is 83.6 Å². The molecular formula is C24H22ClN5O3. The summed E-state index contributed by atoms with van der Waals surface area (Å²) in [6.07, 6.45) is 3.12. The van der Waals surface area contributed by atoms with Gasteiger partial charge in [0.15, 0.2) is 0 Å². The van der Waals surface area contributed by atoms with Gasteiger partial charge in [-0.05, 0) is 42.5 Å². The van der Waals surface area contributed by atoms with Crippen LogP contribution in [0, 0.1) is 0 Å². The number of hydrogen-bond donors (Lipinski definition) is 2. The minimum absolute atomic E-state index is 0.207. The number of aryl methyl sites for hydroxylation is 1. The highest BCUT2D eigenvalue weighted by atomic mass is 35.5. The summed E-state index contributed by atoms with van der Waals surface area (Å²) in [5.41, 5.74) is 7.77. The topological polar surface area (TPSA) is 104 Å². The van der Waals surface area contributed by atoms with Crippen LogP contribution in [-0.4, -0.2) is 33.8 Å². The van der Waals surface area contributed by atoms with Crippen molar-refractivity contribution in [3.8, 4) is 28.6 Å². The zero-order chi connectivity index (χ0) is 23.2. The Kier molecular flexibility index (Phi) is 6.87. The van der Waals surface area contributed by atoms with Gasteiger partial charge in [0.1, 0.15) is 23.7 Å². The zero-order valence-electron chi connectivity index (χ0n) is 17.9. The number of nitrogens with two attached hydrogens (primary N) is 1. The molecule has 0 fully saturated rings. The Morgan fingerprint density at radius 3 is 2.70 bits per heavy atom. The molecule has 0 saturated carbocycles. The molecule has 9 heteroatoms. The maximum Gasteiger partial charge on any atom is 0.261 e. The van der Waals surface area contributed by atoms with Crippen molar-refractivity contribution in [2.75, 3.05) is 18.5 Å². The van der Waals surface area contributed by atoms with Crippen molar-refractivity contribution in [1.29, 1.82) is 0 Å². The molecular weight excluding hydrogens is 442 g/mol. The van der Waals surface area contributed by atoms with Crippen molar-refractivity contribution in [1.82, 2.24) is 14.8 Å². The van der Waals surface area contributed by atoms with Crippen LogP contribution in [0.1, 0.15) is 10.4 Å². The maximum absolute atomic E-state index is 13.1. The maximum atomic E-state index is 13.1. The van der Waals surface area contributed by atoms with E-state index in [0.29, 0.717) is 52.2 Å². The molecule has 0 aliphatic carbocycles. The van der Waals surface area contributed by atoms with Gasteiger partial charge in [-0.2, -0.15) is 5.10 Å². The predicted molar refractivity (Wildman–Crippen MR) is 127 cm³/mol. The molecule has 0 unspecified atom stereocenters. The average molecular weight is 464 g/mol. The molecule has 3 N–H and O–H groups in total. The summed E-state index contributed by atoms with van der Waals surface area (Å²) in [6.45, 7) is 0.701. The van der Waals surface area contributed by atoms with Crippen LogP contribution in [0.15, 0.2) is 73.1 Å². The van der Waals surface area contributed by atoms with E-state index in [2.05, 4.69) is 15.4 Å². The van der Waals surface area contributed by atoms with Crippen LogP contribution in [0.5, 0.6) is 17.4 Å². The van der Waals surface area contributed by atoms with Gasteiger partial charge in [-0.25, -0.2) is 4.98 Å². The normalized spacial score (nSPS) is 10.6. The number of carbonyl (C=O) groups is 1. The van der Waals surface area contributed by atoms with Gasteiger partial charge in [0.25, 0.3) is 5.91 Å². The molecule has 4 aromatic rings. The molecule has 0 aliphatic heterocycles. The predicted octanol–water partition coefficient (Wildman–Crippen LogP) is 4.52. The largest absolute Gasteiger partial charge is 0.492 e. The lowest BCUT2D eigenvalue weighted by molar-refractivity contribution is 0.102. The molecule has 168 valence electrons. The first-order chi connectivity index (χ1) is 16.1. The van der Waals surface area contributed by atoms with Crippen LogP contribution in [0.2, 0.25) is 5.02 Å². The number of ether oxygens (including phenoxy) is 2. The highest BCUT2D eigenvalue weighted by Gasteiger charge is 2.18. The third-order valence-corrected chi connectivity index (χ3v) is 5.01. The third kappa shape index (κ3) is 5.14. The van der Waals surface area contributed by atoms with Gasteiger partial charge in [-0.3, -0.25) is 9.48 Å². The Morgan fingerprint density at radius 2 is 1.97 bits per heavy atom. The van der Waals surface area contributed by atoms with E-state index in [1.807, 2.05) is 18.2 Å². The number of carbonyl (C=O) groups excluding carboxylic acids is 1. The van der Waals surface area contributed by atoms with Crippen molar-refractivity contribution in [2.24, 2.45) is 12.8 Å². The van der Waals surface area contributed by atoms with E-state index in [1.165, 1.54) is 0 Å². The van der Waals surface area contributed by atoms with E-state index in [1.54, 1.807) is 66.6 Å². The Bertz CT molecular complexity index is 1240. The fraction of sp³-hybridized carbons (Fsp3) is 0.125. The van der Waals surface area contributed by atoms with E-state index < -0.39 is 0 Å². The smallest absolute Gasteiger partial charge is 0.261 e. The van der Waals surface area contributed by atoms with Gasteiger partial charge in [0.05, 0.1) is 16.9 Å². The molecule has 0 radical (unpaired) electrons. The standard InChI is InChI=1S/C24H22ClN5O3/c1-30-22(20(25)15-28-30)19-14-16(9-10-21(19)32-13-11-26)29-23(31)18-8-5-12-27-24(18)33-17-6-3-2-4-7-17/h2-10,12,14-15H,11,13,26H2,1H3,(H,29,31). The minimum Gasteiger partial charge on any atom is -0.492 e. The molecule has 0 spiro atoms. The Morgan fingerprint density at radius 1 is 1.15 bits per heavy atom. The number of anilines is 1. The number of rotatable bonds is 8. The molecule has 33 heavy (non-hydrogen) atoms. The summed E-state index contributed by atoms with van der Waals surface area (Å²) >= 11 is 6.36. The van der Waals surface area contributed by atoms with Gasteiger partial charge in [-0.1, -0.05) is 29.8 Å². The second-order valence-corrected chi connectivity index (χ2v) is 7.45. The molecule has 4 rings (SSSR count). The van der Waals surface area contributed by atoms with Crippen LogP contribution in [0.3, 0.4) is 0 Å². The van der Waals surface area contributed by atoms with E-state index in [4.69, 9.17) is 26.8 Å². The monoisotopic (exact) mass is 463 g/mol. The van der Waals surface area contributed by atoms with E-state index >= 15 is 0 Å². The summed E-state index contributed by atoms with van der Waals surface area (Å²) in [7, 11) is 1.78. The Balaban J connectivity index is 1.63. The van der Waals surface area contributed by atoms with Crippen LogP contribution in [0.4, 0.5) is 5.69 Å². The van der Waals surface area contributed by atoms with Crippen molar-refractivity contribution in [3.63, 3.8) is 0 Å². The highest BCUT2D eigenvalue weighted by molar-refractivity contribution is 6.33. The third-order valence-electron chi connectivity index (χ3n) is 4.74. The number of nitrogens with one attached hydrogen (secondary N) is 1.